The summed E-state index contributed by atoms with van der Waals surface area (Å²) >= 11 is 0. The summed E-state index contributed by atoms with van der Waals surface area (Å²) in [6, 6.07) is 12.0. The van der Waals surface area contributed by atoms with Crippen molar-refractivity contribution in [2.45, 2.75) is 19.9 Å². The molecule has 6 heteroatoms. The molecule has 30 heavy (non-hydrogen) atoms. The second-order valence-electron chi connectivity index (χ2n) is 8.76. The third-order valence-electron chi connectivity index (χ3n) is 6.52. The van der Waals surface area contributed by atoms with E-state index in [0.717, 1.165) is 16.7 Å². The van der Waals surface area contributed by atoms with Crippen LogP contribution in [0.25, 0.3) is 0 Å². The van der Waals surface area contributed by atoms with E-state index in [9.17, 15) is 14.0 Å². The lowest BCUT2D eigenvalue weighted by molar-refractivity contribution is 0.0766. The van der Waals surface area contributed by atoms with Gasteiger partial charge in [0.25, 0.3) is 5.91 Å². The van der Waals surface area contributed by atoms with Crippen molar-refractivity contribution in [2.24, 2.45) is 11.8 Å². The number of fused-ring (bicyclic) bond motifs is 1. The first kappa shape index (κ1) is 20.4. The van der Waals surface area contributed by atoms with Gasteiger partial charge >= 0.3 is 6.03 Å². The number of carbonyl (C=O) groups is 2. The Morgan fingerprint density at radius 1 is 1.00 bits per heavy atom. The number of benzene rings is 2. The molecule has 2 fully saturated rings. The Balaban J connectivity index is 1.61. The number of halogens is 1. The Labute approximate surface area is 177 Å². The molecule has 158 valence electrons. The maximum absolute atomic E-state index is 14.0. The van der Waals surface area contributed by atoms with E-state index in [2.05, 4.69) is 0 Å². The molecular formula is C24H28FN3O2. The fourth-order valence-electron chi connectivity index (χ4n) is 4.84. The van der Waals surface area contributed by atoms with Gasteiger partial charge in [-0.3, -0.25) is 4.79 Å². The molecule has 2 heterocycles. The van der Waals surface area contributed by atoms with Crippen LogP contribution in [0.1, 0.15) is 33.1 Å². The van der Waals surface area contributed by atoms with E-state index in [1.165, 1.54) is 12.1 Å². The second-order valence-corrected chi connectivity index (χ2v) is 8.76. The number of likely N-dealkylation sites (tertiary alicyclic amines) is 2. The van der Waals surface area contributed by atoms with Crippen molar-refractivity contribution < 1.29 is 14.0 Å². The van der Waals surface area contributed by atoms with Crippen molar-refractivity contribution >= 4 is 11.9 Å². The van der Waals surface area contributed by atoms with Crippen LogP contribution in [-0.2, 0) is 0 Å². The minimum atomic E-state index is -0.311. The van der Waals surface area contributed by atoms with Crippen LogP contribution in [0.4, 0.5) is 9.18 Å². The number of nitrogens with zero attached hydrogens (tertiary/aromatic N) is 3. The van der Waals surface area contributed by atoms with Gasteiger partial charge in [0.1, 0.15) is 5.82 Å². The number of hydrogen-bond donors (Lipinski definition) is 0. The number of amides is 3. The maximum atomic E-state index is 14.0. The van der Waals surface area contributed by atoms with Gasteiger partial charge in [-0.25, -0.2) is 9.18 Å². The summed E-state index contributed by atoms with van der Waals surface area (Å²) in [7, 11) is 3.46. The Bertz CT molecular complexity index is 990. The monoisotopic (exact) mass is 409 g/mol. The Hall–Kier alpha value is -2.89. The van der Waals surface area contributed by atoms with Crippen molar-refractivity contribution in [3.05, 3.63) is 70.5 Å². The quantitative estimate of drug-likeness (QED) is 0.756. The SMILES string of the molecule is Cc1ccc(C(=O)N2C[C@@H]3CN(C(=O)N(C)C)[C@H](c4cccc(F)c4)[C@@H]3C2)cc1C. The third-order valence-corrected chi connectivity index (χ3v) is 6.52. The maximum Gasteiger partial charge on any atom is 0.320 e. The number of carbonyl (C=O) groups excluding carboxylic acids is 2. The Kier molecular flexibility index (Phi) is 5.26. The molecule has 3 atom stereocenters. The molecule has 2 aliphatic heterocycles. The summed E-state index contributed by atoms with van der Waals surface area (Å²) in [4.78, 5) is 31.3. The fraction of sp³-hybridized carbons (Fsp3) is 0.417. The van der Waals surface area contributed by atoms with Gasteiger partial charge in [-0.15, -0.1) is 0 Å². The lowest BCUT2D eigenvalue weighted by Crippen LogP contribution is -2.42. The molecule has 0 spiro atoms. The molecule has 0 aliphatic carbocycles. The van der Waals surface area contributed by atoms with Crippen molar-refractivity contribution in [3.63, 3.8) is 0 Å². The van der Waals surface area contributed by atoms with Crippen LogP contribution in [0.3, 0.4) is 0 Å². The van der Waals surface area contributed by atoms with E-state index in [1.54, 1.807) is 25.1 Å². The normalized spacial score (nSPS) is 22.9. The molecule has 2 aromatic rings. The zero-order valence-electron chi connectivity index (χ0n) is 17.9. The molecule has 0 radical (unpaired) electrons. The number of rotatable bonds is 2. The predicted octanol–water partition coefficient (Wildman–Crippen LogP) is 3.87. The van der Waals surface area contributed by atoms with Gasteiger partial charge in [0.15, 0.2) is 0 Å². The van der Waals surface area contributed by atoms with Gasteiger partial charge in [0, 0.05) is 51.1 Å². The molecule has 0 N–H and O–H groups in total. The first-order valence-electron chi connectivity index (χ1n) is 10.4. The third kappa shape index (κ3) is 3.55. The average Bonchev–Trinajstić information content (AvgIpc) is 3.26. The second kappa shape index (κ2) is 7.74. The van der Waals surface area contributed by atoms with Gasteiger partial charge in [0.05, 0.1) is 6.04 Å². The predicted molar refractivity (Wildman–Crippen MR) is 114 cm³/mol. The van der Waals surface area contributed by atoms with Crippen molar-refractivity contribution in [3.8, 4) is 0 Å². The summed E-state index contributed by atoms with van der Waals surface area (Å²) < 4.78 is 14.0. The lowest BCUT2D eigenvalue weighted by atomic mass is 9.89. The zero-order valence-corrected chi connectivity index (χ0v) is 17.9. The standard InChI is InChI=1S/C24H28FN3O2/c1-15-8-9-18(10-16(15)2)23(29)27-12-19-13-28(24(30)26(3)4)22(21(19)14-27)17-6-5-7-20(25)11-17/h5-11,19,21-22H,12-14H2,1-4H3/t19-,21-,22-/m1/s1. The summed E-state index contributed by atoms with van der Waals surface area (Å²) in [5, 5.41) is 0. The average molecular weight is 410 g/mol. The fourth-order valence-corrected chi connectivity index (χ4v) is 4.84. The molecular weight excluding hydrogens is 381 g/mol. The topological polar surface area (TPSA) is 43.9 Å². The molecule has 0 aromatic heterocycles. The van der Waals surface area contributed by atoms with E-state index in [-0.39, 0.29) is 35.6 Å². The number of aryl methyl sites for hydroxylation is 2. The van der Waals surface area contributed by atoms with Crippen LogP contribution in [-0.4, -0.2) is 60.4 Å². The summed E-state index contributed by atoms with van der Waals surface area (Å²) in [5.74, 6) is -0.0194. The molecule has 0 saturated carbocycles. The Morgan fingerprint density at radius 2 is 1.77 bits per heavy atom. The molecule has 0 bridgehead atoms. The van der Waals surface area contributed by atoms with Crippen molar-refractivity contribution in [1.82, 2.24) is 14.7 Å². The van der Waals surface area contributed by atoms with Crippen molar-refractivity contribution in [1.29, 1.82) is 0 Å². The van der Waals surface area contributed by atoms with E-state index >= 15 is 0 Å². The highest BCUT2D eigenvalue weighted by atomic mass is 19.1. The largest absolute Gasteiger partial charge is 0.338 e. The summed E-state index contributed by atoms with van der Waals surface area (Å²) in [6.07, 6.45) is 0. The van der Waals surface area contributed by atoms with Gasteiger partial charge in [0.2, 0.25) is 0 Å². The molecule has 5 nitrogen and oxygen atoms in total. The number of hydrogen-bond acceptors (Lipinski definition) is 2. The summed E-state index contributed by atoms with van der Waals surface area (Å²) in [6.45, 7) is 5.78. The smallest absolute Gasteiger partial charge is 0.320 e. The van der Waals surface area contributed by atoms with Crippen LogP contribution >= 0.6 is 0 Å². The van der Waals surface area contributed by atoms with Crippen LogP contribution < -0.4 is 0 Å². The number of urea groups is 1. The highest BCUT2D eigenvalue weighted by Crippen LogP contribution is 2.45. The van der Waals surface area contributed by atoms with Crippen molar-refractivity contribution in [2.75, 3.05) is 33.7 Å². The minimum absolute atomic E-state index is 0.0241. The van der Waals surface area contributed by atoms with Crippen LogP contribution in [0.2, 0.25) is 0 Å². The molecule has 2 saturated heterocycles. The first-order chi connectivity index (χ1) is 14.3. The van der Waals surface area contributed by atoms with E-state index in [4.69, 9.17) is 0 Å². The van der Waals surface area contributed by atoms with Gasteiger partial charge in [-0.05, 0) is 54.8 Å². The molecule has 0 unspecified atom stereocenters. The van der Waals surface area contributed by atoms with Crippen LogP contribution in [0, 0.1) is 31.5 Å². The van der Waals surface area contributed by atoms with Gasteiger partial charge in [-0.2, -0.15) is 0 Å². The van der Waals surface area contributed by atoms with E-state index in [0.29, 0.717) is 25.2 Å². The van der Waals surface area contributed by atoms with Gasteiger partial charge in [-0.1, -0.05) is 18.2 Å². The highest BCUT2D eigenvalue weighted by molar-refractivity contribution is 5.94. The molecule has 2 aliphatic rings. The molecule has 2 aromatic carbocycles. The van der Waals surface area contributed by atoms with E-state index < -0.39 is 0 Å². The summed E-state index contributed by atoms with van der Waals surface area (Å²) in [5.41, 5.74) is 3.74. The zero-order chi connectivity index (χ0) is 21.6. The minimum Gasteiger partial charge on any atom is -0.338 e. The van der Waals surface area contributed by atoms with E-state index in [1.807, 2.05) is 47.9 Å². The molecule has 4 rings (SSSR count). The first-order valence-corrected chi connectivity index (χ1v) is 10.4. The highest BCUT2D eigenvalue weighted by Gasteiger charge is 2.50. The van der Waals surface area contributed by atoms with Crippen LogP contribution in [0.5, 0.6) is 0 Å². The lowest BCUT2D eigenvalue weighted by Gasteiger charge is -2.32. The Morgan fingerprint density at radius 3 is 2.43 bits per heavy atom. The molecule has 3 amide bonds. The van der Waals surface area contributed by atoms with Gasteiger partial charge < -0.3 is 14.7 Å². The van der Waals surface area contributed by atoms with Crippen LogP contribution in [0.15, 0.2) is 42.5 Å².